The van der Waals surface area contributed by atoms with Crippen LogP contribution in [0.2, 0.25) is 0 Å². The fourth-order valence-corrected chi connectivity index (χ4v) is 1.34. The molecule has 0 fully saturated rings. The average molecular weight is 137 g/mol. The second kappa shape index (κ2) is 2.22. The molecule has 0 aromatic rings. The summed E-state index contributed by atoms with van der Waals surface area (Å²) in [4.78, 5) is 4.32. The number of hydrogen-bond acceptors (Lipinski definition) is 1. The van der Waals surface area contributed by atoms with Crippen LogP contribution in [0.5, 0.6) is 0 Å². The predicted octanol–water partition coefficient (Wildman–Crippen LogP) is 2.64. The summed E-state index contributed by atoms with van der Waals surface area (Å²) >= 11 is 0. The van der Waals surface area contributed by atoms with Gasteiger partial charge in [0.15, 0.2) is 0 Å². The first-order valence-corrected chi connectivity index (χ1v) is 3.76. The molecule has 0 bridgehead atoms. The van der Waals surface area contributed by atoms with E-state index in [-0.39, 0.29) is 5.41 Å². The van der Waals surface area contributed by atoms with Crippen LogP contribution < -0.4 is 0 Å². The first-order valence-electron chi connectivity index (χ1n) is 3.76. The Balaban J connectivity index is 2.78. The predicted molar refractivity (Wildman–Crippen MR) is 45.2 cm³/mol. The second-order valence-electron chi connectivity index (χ2n) is 3.89. The highest BCUT2D eigenvalue weighted by Gasteiger charge is 2.24. The smallest absolute Gasteiger partial charge is 0.0298 e. The zero-order valence-corrected chi connectivity index (χ0v) is 7.18. The van der Waals surface area contributed by atoms with Crippen molar-refractivity contribution >= 4 is 5.71 Å². The zero-order valence-electron chi connectivity index (χ0n) is 7.18. The van der Waals surface area contributed by atoms with Gasteiger partial charge >= 0.3 is 0 Å². The van der Waals surface area contributed by atoms with Gasteiger partial charge in [0.2, 0.25) is 0 Å². The summed E-state index contributed by atoms with van der Waals surface area (Å²) in [5, 5.41) is 0. The third kappa shape index (κ3) is 1.28. The maximum atomic E-state index is 4.32. The van der Waals surface area contributed by atoms with E-state index in [2.05, 4.69) is 38.8 Å². The molecular formula is C9H15N. The van der Waals surface area contributed by atoms with Crippen LogP contribution in [0.15, 0.2) is 17.3 Å². The Morgan fingerprint density at radius 2 is 2.00 bits per heavy atom. The van der Waals surface area contributed by atoms with Crippen LogP contribution in [-0.4, -0.2) is 5.71 Å². The quantitative estimate of drug-likeness (QED) is 0.486. The summed E-state index contributed by atoms with van der Waals surface area (Å²) in [6.45, 7) is 8.80. The molecule has 1 unspecified atom stereocenters. The molecule has 1 heteroatoms. The van der Waals surface area contributed by atoms with Crippen LogP contribution in [0.1, 0.15) is 27.7 Å². The highest BCUT2D eigenvalue weighted by molar-refractivity contribution is 5.94. The minimum Gasteiger partial charge on any atom is -0.265 e. The Morgan fingerprint density at radius 1 is 1.40 bits per heavy atom. The molecule has 0 saturated carbocycles. The normalized spacial score (nSPS) is 25.2. The summed E-state index contributed by atoms with van der Waals surface area (Å²) < 4.78 is 0. The second-order valence-corrected chi connectivity index (χ2v) is 3.89. The molecule has 0 spiro atoms. The molecule has 1 nitrogen and oxygen atoms in total. The molecule has 0 aromatic heterocycles. The van der Waals surface area contributed by atoms with Gasteiger partial charge in [0.25, 0.3) is 0 Å². The van der Waals surface area contributed by atoms with Crippen molar-refractivity contribution in [1.82, 2.24) is 0 Å². The molecule has 1 aliphatic heterocycles. The molecule has 0 amide bonds. The summed E-state index contributed by atoms with van der Waals surface area (Å²) in [7, 11) is 0. The molecule has 1 rings (SSSR count). The maximum Gasteiger partial charge on any atom is 0.0298 e. The minimum atomic E-state index is 0.239. The van der Waals surface area contributed by atoms with E-state index in [1.165, 1.54) is 5.71 Å². The third-order valence-corrected chi connectivity index (χ3v) is 1.79. The number of allylic oxidation sites excluding steroid dienone is 1. The molecule has 10 heavy (non-hydrogen) atoms. The number of aliphatic imine (C=N–C) groups is 1. The van der Waals surface area contributed by atoms with Gasteiger partial charge in [-0.15, -0.1) is 0 Å². The van der Waals surface area contributed by atoms with Crippen LogP contribution in [0.3, 0.4) is 0 Å². The molecule has 56 valence electrons. The van der Waals surface area contributed by atoms with E-state index in [4.69, 9.17) is 0 Å². The van der Waals surface area contributed by atoms with Crippen molar-refractivity contribution in [3.63, 3.8) is 0 Å². The van der Waals surface area contributed by atoms with Crippen molar-refractivity contribution in [3.05, 3.63) is 12.3 Å². The van der Waals surface area contributed by atoms with Crippen molar-refractivity contribution < 1.29 is 0 Å². The van der Waals surface area contributed by atoms with Gasteiger partial charge in [-0.1, -0.05) is 33.8 Å². The molecule has 0 N–H and O–H groups in total. The summed E-state index contributed by atoms with van der Waals surface area (Å²) in [5.74, 6) is 0.542. The Labute approximate surface area is 62.9 Å². The highest BCUT2D eigenvalue weighted by Crippen LogP contribution is 2.25. The van der Waals surface area contributed by atoms with E-state index in [0.717, 1.165) is 0 Å². The van der Waals surface area contributed by atoms with Gasteiger partial charge in [-0.05, 0) is 0 Å². The standard InChI is InChI=1S/C9H15N/c1-7-5-6-10-8(7)9(2,3)4/h5-7H,1-4H3. The highest BCUT2D eigenvalue weighted by atomic mass is 14.8. The van der Waals surface area contributed by atoms with Crippen molar-refractivity contribution in [2.75, 3.05) is 0 Å². The fraction of sp³-hybridized carbons (Fsp3) is 0.667. The maximum absolute atomic E-state index is 4.32. The van der Waals surface area contributed by atoms with Crippen LogP contribution in [-0.2, 0) is 0 Å². The summed E-state index contributed by atoms with van der Waals surface area (Å²) in [6.07, 6.45) is 4.05. The molecule has 0 aromatic carbocycles. The van der Waals surface area contributed by atoms with Gasteiger partial charge < -0.3 is 0 Å². The van der Waals surface area contributed by atoms with E-state index in [1.54, 1.807) is 0 Å². The average Bonchev–Trinajstić information content (AvgIpc) is 2.11. The summed E-state index contributed by atoms with van der Waals surface area (Å²) in [6, 6.07) is 0. The van der Waals surface area contributed by atoms with Crippen LogP contribution in [0.4, 0.5) is 0 Å². The first kappa shape index (κ1) is 7.52. The van der Waals surface area contributed by atoms with Crippen LogP contribution in [0.25, 0.3) is 0 Å². The Hall–Kier alpha value is -0.590. The van der Waals surface area contributed by atoms with Gasteiger partial charge in [-0.2, -0.15) is 0 Å². The Bertz CT molecular complexity index is 181. The van der Waals surface area contributed by atoms with E-state index in [0.29, 0.717) is 5.92 Å². The molecule has 1 heterocycles. The lowest BCUT2D eigenvalue weighted by atomic mass is 9.84. The van der Waals surface area contributed by atoms with Crippen molar-refractivity contribution in [2.45, 2.75) is 27.7 Å². The lowest BCUT2D eigenvalue weighted by molar-refractivity contribution is 0.569. The summed E-state index contributed by atoms with van der Waals surface area (Å²) in [5.41, 5.74) is 1.54. The first-order chi connectivity index (χ1) is 4.52. The zero-order chi connectivity index (χ0) is 7.78. The van der Waals surface area contributed by atoms with E-state index < -0.39 is 0 Å². The Kier molecular flexibility index (Phi) is 1.67. The molecule has 1 atom stereocenters. The van der Waals surface area contributed by atoms with Crippen molar-refractivity contribution in [1.29, 1.82) is 0 Å². The molecule has 0 saturated heterocycles. The number of hydrogen-bond donors (Lipinski definition) is 0. The lowest BCUT2D eigenvalue weighted by Gasteiger charge is -2.21. The molecular weight excluding hydrogens is 122 g/mol. The Morgan fingerprint density at radius 3 is 2.20 bits per heavy atom. The fourth-order valence-electron chi connectivity index (χ4n) is 1.34. The van der Waals surface area contributed by atoms with Gasteiger partial charge in [-0.25, -0.2) is 0 Å². The van der Waals surface area contributed by atoms with Gasteiger partial charge in [0.1, 0.15) is 0 Å². The largest absolute Gasteiger partial charge is 0.265 e. The molecule has 0 aliphatic carbocycles. The van der Waals surface area contributed by atoms with E-state index >= 15 is 0 Å². The lowest BCUT2D eigenvalue weighted by Crippen LogP contribution is -2.23. The number of nitrogens with zero attached hydrogens (tertiary/aromatic N) is 1. The van der Waals surface area contributed by atoms with Crippen molar-refractivity contribution in [2.24, 2.45) is 16.3 Å². The third-order valence-electron chi connectivity index (χ3n) is 1.79. The van der Waals surface area contributed by atoms with Gasteiger partial charge in [0.05, 0.1) is 0 Å². The van der Waals surface area contributed by atoms with E-state index in [1.807, 2.05) is 6.20 Å². The van der Waals surface area contributed by atoms with Crippen LogP contribution >= 0.6 is 0 Å². The van der Waals surface area contributed by atoms with Gasteiger partial charge in [0, 0.05) is 23.2 Å². The van der Waals surface area contributed by atoms with Crippen LogP contribution in [0, 0.1) is 11.3 Å². The monoisotopic (exact) mass is 137 g/mol. The van der Waals surface area contributed by atoms with Gasteiger partial charge in [-0.3, -0.25) is 4.99 Å². The SMILES string of the molecule is CC1C=CN=C1C(C)(C)C. The molecule has 1 aliphatic rings. The topological polar surface area (TPSA) is 12.4 Å². The number of rotatable bonds is 0. The molecule has 0 radical (unpaired) electrons. The minimum absolute atomic E-state index is 0.239. The van der Waals surface area contributed by atoms with E-state index in [9.17, 15) is 0 Å². The van der Waals surface area contributed by atoms with Crippen molar-refractivity contribution in [3.8, 4) is 0 Å².